The molecule has 3 aromatic heterocycles. The van der Waals surface area contributed by atoms with Crippen LogP contribution in [0.2, 0.25) is 0 Å². The number of nitriles is 1. The number of hydrogen-bond acceptors (Lipinski definition) is 10. The molecule has 0 spiro atoms. The van der Waals surface area contributed by atoms with E-state index in [1.54, 1.807) is 0 Å². The molecule has 2 bridgehead atoms. The summed E-state index contributed by atoms with van der Waals surface area (Å²) in [6.07, 6.45) is 1.91. The van der Waals surface area contributed by atoms with Gasteiger partial charge < -0.3 is 20.7 Å². The van der Waals surface area contributed by atoms with Crippen LogP contribution in [0.25, 0.3) is 32.2 Å². The molecule has 0 radical (unpaired) electrons. The van der Waals surface area contributed by atoms with E-state index in [0.717, 1.165) is 47.8 Å². The summed E-state index contributed by atoms with van der Waals surface area (Å²) in [5, 5.41) is 13.1. The summed E-state index contributed by atoms with van der Waals surface area (Å²) in [6, 6.07) is 2.36. The fourth-order valence-electron chi connectivity index (χ4n) is 8.66. The number of nitrogens with zero attached hydrogens (tertiary/aromatic N) is 6. The Balaban J connectivity index is 1.29. The zero-order chi connectivity index (χ0) is 34.0. The van der Waals surface area contributed by atoms with Crippen LogP contribution in [-0.2, 0) is 0 Å². The molecule has 0 amide bonds. The Bertz CT molecular complexity index is 2160. The third-order valence-electron chi connectivity index (χ3n) is 11.0. The Morgan fingerprint density at radius 2 is 1.88 bits per heavy atom. The van der Waals surface area contributed by atoms with Crippen molar-refractivity contribution in [2.45, 2.75) is 74.3 Å². The second-order valence-corrected chi connectivity index (χ2v) is 15.1. The Morgan fingerprint density at radius 1 is 1.12 bits per heavy atom. The minimum atomic E-state index is -3.32. The van der Waals surface area contributed by atoms with Crippen LogP contribution in [0, 0.1) is 23.0 Å². The Kier molecular flexibility index (Phi) is 6.77. The molecule has 4 aliphatic heterocycles. The maximum absolute atomic E-state index is 17.4. The lowest BCUT2D eigenvalue weighted by atomic mass is 9.95. The fourth-order valence-corrected chi connectivity index (χ4v) is 9.61. The first-order valence-electron chi connectivity index (χ1n) is 16.5. The molecule has 49 heavy (non-hydrogen) atoms. The zero-order valence-electron chi connectivity index (χ0n) is 26.1. The summed E-state index contributed by atoms with van der Waals surface area (Å²) in [5.74, 6) is -5.09. The standard InChI is InChI=1S/C33H31F5N8O2S/c34-15-8-32(6-1-7-45(32)11-15)14-48-31-42-25-23(29(43-31)44-12-16-2-3-17(13-44)41-16)30(47)46(21-9-33(21,37)38)26(24(25)36)18-4-5-20(35)27-22(18)19(10-39)28(40)49-27/h4-5,15-17,21,41H,1-3,6-9,11-14,40H2/t15-,16?,17?,21?,32+/m1/s1. The molecule has 5 atom stereocenters. The number of thiophene rings is 1. The molecule has 5 fully saturated rings. The number of rotatable bonds is 6. The molecule has 1 aromatic carbocycles. The van der Waals surface area contributed by atoms with Crippen LogP contribution in [0.1, 0.15) is 50.1 Å². The lowest BCUT2D eigenvalue weighted by Gasteiger charge is -2.34. The van der Waals surface area contributed by atoms with Gasteiger partial charge in [0.25, 0.3) is 11.5 Å². The van der Waals surface area contributed by atoms with Crippen molar-refractivity contribution in [1.29, 1.82) is 5.26 Å². The Labute approximate surface area is 280 Å². The maximum atomic E-state index is 17.4. The topological polar surface area (TPSA) is 125 Å². The highest BCUT2D eigenvalue weighted by Gasteiger charge is 2.60. The van der Waals surface area contributed by atoms with Gasteiger partial charge in [-0.1, -0.05) is 0 Å². The van der Waals surface area contributed by atoms with Crippen LogP contribution in [0.5, 0.6) is 6.01 Å². The first-order chi connectivity index (χ1) is 23.5. The van der Waals surface area contributed by atoms with E-state index in [1.807, 2.05) is 11.0 Å². The minimum Gasteiger partial charge on any atom is -0.461 e. The second kappa shape index (κ2) is 10.7. The van der Waals surface area contributed by atoms with E-state index in [0.29, 0.717) is 26.1 Å². The average molecular weight is 699 g/mol. The van der Waals surface area contributed by atoms with Gasteiger partial charge in [-0.05, 0) is 44.4 Å². The van der Waals surface area contributed by atoms with Crippen LogP contribution in [0.3, 0.4) is 0 Å². The molecule has 5 aliphatic rings. The highest BCUT2D eigenvalue weighted by atomic mass is 32.1. The van der Waals surface area contributed by atoms with E-state index in [9.17, 15) is 23.2 Å². The number of nitrogen functional groups attached to an aromatic ring is 1. The SMILES string of the molecule is N#Cc1c(N)sc2c(F)ccc(-c3c(F)c4nc(OC[C@@]56CCCN5C[C@H](F)C6)nc(N5CC6CCC(C5)N6)c4c(=O)n3C3CC3(F)F)c12. The van der Waals surface area contributed by atoms with E-state index < -0.39 is 58.5 Å². The quantitative estimate of drug-likeness (QED) is 0.271. The number of piperazine rings is 1. The van der Waals surface area contributed by atoms with Crippen molar-refractivity contribution >= 4 is 43.1 Å². The normalized spacial score (nSPS) is 28.8. The van der Waals surface area contributed by atoms with E-state index in [4.69, 9.17) is 10.5 Å². The van der Waals surface area contributed by atoms with Crippen LogP contribution in [0.15, 0.2) is 16.9 Å². The Morgan fingerprint density at radius 3 is 2.59 bits per heavy atom. The largest absolute Gasteiger partial charge is 0.461 e. The highest BCUT2D eigenvalue weighted by Crippen LogP contribution is 2.54. The second-order valence-electron chi connectivity index (χ2n) is 14.0. The molecule has 9 rings (SSSR count). The monoisotopic (exact) mass is 698 g/mol. The third-order valence-corrected chi connectivity index (χ3v) is 12.0. The number of fused-ring (bicyclic) bond motifs is 5. The summed E-state index contributed by atoms with van der Waals surface area (Å²) in [4.78, 5) is 27.6. The number of alkyl halides is 3. The highest BCUT2D eigenvalue weighted by molar-refractivity contribution is 7.23. The first kappa shape index (κ1) is 30.9. The molecule has 3 N–H and O–H groups in total. The number of ether oxygens (including phenoxy) is 1. The van der Waals surface area contributed by atoms with E-state index in [1.165, 1.54) is 6.07 Å². The van der Waals surface area contributed by atoms with Gasteiger partial charge in [-0.3, -0.25) is 14.3 Å². The molecule has 1 aliphatic carbocycles. The molecule has 256 valence electrons. The van der Waals surface area contributed by atoms with Gasteiger partial charge in [-0.15, -0.1) is 11.3 Å². The average Bonchev–Trinajstić information content (AvgIpc) is 3.46. The molecule has 4 saturated heterocycles. The van der Waals surface area contributed by atoms with E-state index in [2.05, 4.69) is 20.2 Å². The summed E-state index contributed by atoms with van der Waals surface area (Å²) >= 11 is 0.771. The molecule has 3 unspecified atom stereocenters. The lowest BCUT2D eigenvalue weighted by Crippen LogP contribution is -2.51. The van der Waals surface area contributed by atoms with Crippen molar-refractivity contribution in [3.63, 3.8) is 0 Å². The van der Waals surface area contributed by atoms with Crippen LogP contribution >= 0.6 is 11.3 Å². The summed E-state index contributed by atoms with van der Waals surface area (Å²) in [6.45, 7) is 1.94. The first-order valence-corrected chi connectivity index (χ1v) is 17.3. The van der Waals surface area contributed by atoms with Gasteiger partial charge in [0.15, 0.2) is 5.82 Å². The van der Waals surface area contributed by atoms with E-state index >= 15 is 8.78 Å². The van der Waals surface area contributed by atoms with Crippen molar-refractivity contribution in [3.05, 3.63) is 39.7 Å². The molecular formula is C33H31F5N8O2S. The molecule has 4 aromatic rings. The third kappa shape index (κ3) is 4.65. The number of benzene rings is 1. The number of nitrogens with two attached hydrogens (primary N) is 1. The van der Waals surface area contributed by atoms with Gasteiger partial charge in [0.2, 0.25) is 0 Å². The number of aromatic nitrogens is 3. The van der Waals surface area contributed by atoms with Gasteiger partial charge in [-0.2, -0.15) is 15.2 Å². The van der Waals surface area contributed by atoms with Crippen LogP contribution in [0.4, 0.5) is 32.8 Å². The zero-order valence-corrected chi connectivity index (χ0v) is 26.9. The van der Waals surface area contributed by atoms with Crippen LogP contribution < -0.4 is 26.2 Å². The van der Waals surface area contributed by atoms with Crippen molar-refractivity contribution in [1.82, 2.24) is 24.8 Å². The minimum absolute atomic E-state index is 0.0351. The number of anilines is 2. The maximum Gasteiger partial charge on any atom is 0.319 e. The lowest BCUT2D eigenvalue weighted by molar-refractivity contribution is 0.100. The summed E-state index contributed by atoms with van der Waals surface area (Å²) in [5.41, 5.74) is 3.26. The van der Waals surface area contributed by atoms with Crippen LogP contribution in [-0.4, -0.2) is 81.9 Å². The predicted molar refractivity (Wildman–Crippen MR) is 173 cm³/mol. The van der Waals surface area contributed by atoms with Gasteiger partial charge >= 0.3 is 6.01 Å². The Hall–Kier alpha value is -4.07. The fraction of sp³-hybridized carbons (Fsp3) is 0.515. The number of pyridine rings is 1. The predicted octanol–water partition coefficient (Wildman–Crippen LogP) is 4.88. The molecular weight excluding hydrogens is 667 g/mol. The van der Waals surface area contributed by atoms with Crippen molar-refractivity contribution in [2.24, 2.45) is 0 Å². The molecule has 7 heterocycles. The van der Waals surface area contributed by atoms with E-state index in [-0.39, 0.29) is 68.5 Å². The summed E-state index contributed by atoms with van der Waals surface area (Å²) in [7, 11) is 0. The molecule has 1 saturated carbocycles. The smallest absolute Gasteiger partial charge is 0.319 e. The number of halogens is 5. The number of nitrogens with one attached hydrogen (secondary N) is 1. The number of hydrogen-bond donors (Lipinski definition) is 2. The van der Waals surface area contributed by atoms with Gasteiger partial charge in [0, 0.05) is 55.5 Å². The van der Waals surface area contributed by atoms with Gasteiger partial charge in [-0.25, -0.2) is 22.0 Å². The van der Waals surface area contributed by atoms with Gasteiger partial charge in [0.05, 0.1) is 21.5 Å². The van der Waals surface area contributed by atoms with Crippen molar-refractivity contribution in [3.8, 4) is 23.3 Å². The van der Waals surface area contributed by atoms with Gasteiger partial charge in [0.1, 0.15) is 52.4 Å². The summed E-state index contributed by atoms with van der Waals surface area (Å²) < 4.78 is 83.6. The molecule has 16 heteroatoms. The molecule has 10 nitrogen and oxygen atoms in total. The van der Waals surface area contributed by atoms with Crippen molar-refractivity contribution < 1.29 is 26.7 Å². The van der Waals surface area contributed by atoms with Crippen molar-refractivity contribution in [2.75, 3.05) is 43.4 Å².